The first-order valence-corrected chi connectivity index (χ1v) is 9.96. The van der Waals surface area contributed by atoms with Crippen LogP contribution >= 0.6 is 11.8 Å². The van der Waals surface area contributed by atoms with Crippen LogP contribution in [0.4, 0.5) is 4.39 Å². The average molecular weight is 469 g/mol. The van der Waals surface area contributed by atoms with Gasteiger partial charge in [-0.3, -0.25) is 9.78 Å². The number of carbonyl (C=O) groups is 1. The Morgan fingerprint density at radius 1 is 1.34 bits per heavy atom. The predicted octanol–water partition coefficient (Wildman–Crippen LogP) is 0.244. The molecule has 13 heteroatoms. The highest BCUT2D eigenvalue weighted by molar-refractivity contribution is 6.13. The van der Waals surface area contributed by atoms with Crippen molar-refractivity contribution in [2.45, 2.75) is 6.54 Å². The van der Waals surface area contributed by atoms with Gasteiger partial charge in [0.1, 0.15) is 11.4 Å². The third-order valence-electron chi connectivity index (χ3n) is 4.56. The summed E-state index contributed by atoms with van der Waals surface area (Å²) in [7, 11) is 1.63. The molecule has 0 aliphatic heterocycles. The molecule has 0 aliphatic rings. The number of aliphatic hydroxyl groups is 2. The molecule has 0 atom stereocenters. The molecule has 0 aliphatic carbocycles. The first kappa shape index (κ1) is 23.6. The van der Waals surface area contributed by atoms with E-state index in [0.717, 1.165) is 12.3 Å². The van der Waals surface area contributed by atoms with Crippen molar-refractivity contribution in [1.29, 1.82) is 0 Å². The normalized spacial score (nSPS) is 11.5. The smallest absolute Gasteiger partial charge is 0.369 e. The fourth-order valence-electron chi connectivity index (χ4n) is 2.83. The lowest BCUT2D eigenvalue weighted by Gasteiger charge is -2.11. The van der Waals surface area contributed by atoms with Gasteiger partial charge in [0.25, 0.3) is 5.91 Å². The summed E-state index contributed by atoms with van der Waals surface area (Å²) in [6.45, 7) is -0.00430. The maximum absolute atomic E-state index is 13.3. The van der Waals surface area contributed by atoms with Crippen LogP contribution in [0.15, 0.2) is 39.9 Å². The number of halogens is 2. The second-order valence-corrected chi connectivity index (χ2v) is 7.53. The number of hydrogen-bond donors (Lipinski definition) is 3. The SMILES string of the molecule is CN(Cl)CCn1oc(=O)c(-c2ccc(F)cn2)c1-n1ccc(C(=O)NCC(CO)CO)n1. The molecule has 0 bridgehead atoms. The third kappa shape index (κ3) is 5.40. The van der Waals surface area contributed by atoms with Crippen LogP contribution in [0.25, 0.3) is 17.1 Å². The van der Waals surface area contributed by atoms with E-state index in [9.17, 15) is 14.0 Å². The van der Waals surface area contributed by atoms with Crippen molar-refractivity contribution in [3.8, 4) is 17.1 Å². The van der Waals surface area contributed by atoms with E-state index in [1.165, 1.54) is 32.2 Å². The lowest BCUT2D eigenvalue weighted by Crippen LogP contribution is -2.32. The number of likely N-dealkylation sites (N-methyl/N-ethyl adjacent to an activating group) is 1. The first-order valence-electron chi connectivity index (χ1n) is 9.63. The quantitative estimate of drug-likeness (QED) is 0.360. The number of nitrogens with one attached hydrogen (secondary N) is 1. The fraction of sp³-hybridized carbons (Fsp3) is 0.368. The molecule has 172 valence electrons. The van der Waals surface area contributed by atoms with Gasteiger partial charge in [0, 0.05) is 45.5 Å². The van der Waals surface area contributed by atoms with Gasteiger partial charge in [-0.05, 0) is 30.0 Å². The second-order valence-electron chi connectivity index (χ2n) is 6.96. The number of nitrogens with zero attached hydrogens (tertiary/aromatic N) is 5. The Kier molecular flexibility index (Phi) is 7.75. The summed E-state index contributed by atoms with van der Waals surface area (Å²) in [5.41, 5.74) is -0.472. The summed E-state index contributed by atoms with van der Waals surface area (Å²) in [6.07, 6.45) is 2.44. The second kappa shape index (κ2) is 10.5. The van der Waals surface area contributed by atoms with Crippen molar-refractivity contribution in [2.75, 3.05) is 33.4 Å². The highest BCUT2D eigenvalue weighted by atomic mass is 35.5. The summed E-state index contributed by atoms with van der Waals surface area (Å²) in [4.78, 5) is 29.0. The Hall–Kier alpha value is -3.06. The van der Waals surface area contributed by atoms with Gasteiger partial charge in [-0.1, -0.05) is 0 Å². The fourth-order valence-corrected chi connectivity index (χ4v) is 2.91. The number of rotatable bonds is 10. The van der Waals surface area contributed by atoms with Gasteiger partial charge in [0.2, 0.25) is 0 Å². The molecule has 3 heterocycles. The van der Waals surface area contributed by atoms with Crippen molar-refractivity contribution in [2.24, 2.45) is 5.92 Å². The summed E-state index contributed by atoms with van der Waals surface area (Å²) in [6, 6.07) is 3.93. The van der Waals surface area contributed by atoms with E-state index in [2.05, 4.69) is 15.4 Å². The van der Waals surface area contributed by atoms with Gasteiger partial charge in [0.05, 0.1) is 18.4 Å². The zero-order chi connectivity index (χ0) is 23.3. The van der Waals surface area contributed by atoms with Gasteiger partial charge < -0.3 is 20.1 Å². The lowest BCUT2D eigenvalue weighted by atomic mass is 10.2. The number of pyridine rings is 1. The molecule has 3 aromatic rings. The Morgan fingerprint density at radius 2 is 2.09 bits per heavy atom. The van der Waals surface area contributed by atoms with E-state index < -0.39 is 23.3 Å². The van der Waals surface area contributed by atoms with E-state index in [0.29, 0.717) is 6.54 Å². The highest BCUT2D eigenvalue weighted by Gasteiger charge is 2.24. The van der Waals surface area contributed by atoms with Gasteiger partial charge in [-0.25, -0.2) is 18.3 Å². The van der Waals surface area contributed by atoms with E-state index in [-0.39, 0.29) is 49.1 Å². The summed E-state index contributed by atoms with van der Waals surface area (Å²) in [5, 5.41) is 25.0. The standard InChI is InChI=1S/C19H22ClFN6O5/c1-25(20)6-7-27-18(16(19(31)32-27)14-3-2-13(21)9-22-14)26-5-4-15(24-26)17(30)23-8-12(10-28)11-29/h2-5,9,12,28-29H,6-8,10-11H2,1H3,(H,23,30). The topological polar surface area (TPSA) is 139 Å². The minimum Gasteiger partial charge on any atom is -0.396 e. The first-order chi connectivity index (χ1) is 15.3. The van der Waals surface area contributed by atoms with Gasteiger partial charge >= 0.3 is 5.63 Å². The third-order valence-corrected chi connectivity index (χ3v) is 4.73. The molecule has 3 aromatic heterocycles. The number of hydrogen-bond acceptors (Lipinski definition) is 8. The van der Waals surface area contributed by atoms with Crippen LogP contribution in [0, 0.1) is 11.7 Å². The molecule has 32 heavy (non-hydrogen) atoms. The van der Waals surface area contributed by atoms with Crippen molar-refractivity contribution >= 4 is 17.7 Å². The molecular formula is C19H22ClFN6O5. The van der Waals surface area contributed by atoms with Gasteiger partial charge in [-0.2, -0.15) is 9.84 Å². The number of aliphatic hydroxyl groups excluding tert-OH is 2. The van der Waals surface area contributed by atoms with Gasteiger partial charge in [-0.15, -0.1) is 0 Å². The van der Waals surface area contributed by atoms with Crippen molar-refractivity contribution in [3.63, 3.8) is 0 Å². The van der Waals surface area contributed by atoms with Crippen LogP contribution < -0.4 is 10.9 Å². The average Bonchev–Trinajstić information content (AvgIpc) is 3.38. The molecule has 0 unspecified atom stereocenters. The number of carbonyl (C=O) groups excluding carboxylic acids is 1. The molecular weight excluding hydrogens is 447 g/mol. The maximum Gasteiger partial charge on any atom is 0.369 e. The zero-order valence-corrected chi connectivity index (χ0v) is 17.9. The molecule has 0 aromatic carbocycles. The molecule has 11 nitrogen and oxygen atoms in total. The summed E-state index contributed by atoms with van der Waals surface area (Å²) in [5.74, 6) is -1.40. The van der Waals surface area contributed by atoms with E-state index in [4.69, 9.17) is 26.5 Å². The molecule has 3 N–H and O–H groups in total. The van der Waals surface area contributed by atoms with Crippen LogP contribution in [-0.2, 0) is 6.54 Å². The minimum absolute atomic E-state index is 0.0345. The summed E-state index contributed by atoms with van der Waals surface area (Å²) >= 11 is 5.87. The molecule has 0 saturated carbocycles. The maximum atomic E-state index is 13.3. The van der Waals surface area contributed by atoms with Crippen molar-refractivity contribution in [1.82, 2.24) is 29.2 Å². The Bertz CT molecular complexity index is 1110. The van der Waals surface area contributed by atoms with Crippen LogP contribution in [0.1, 0.15) is 10.5 Å². The van der Waals surface area contributed by atoms with Crippen LogP contribution in [0.2, 0.25) is 0 Å². The minimum atomic E-state index is -0.716. The van der Waals surface area contributed by atoms with Crippen LogP contribution in [0.5, 0.6) is 0 Å². The molecule has 0 saturated heterocycles. The Labute approximate surface area is 186 Å². The number of amides is 1. The van der Waals surface area contributed by atoms with E-state index in [1.807, 2.05) is 0 Å². The van der Waals surface area contributed by atoms with Gasteiger partial charge in [0.15, 0.2) is 11.5 Å². The lowest BCUT2D eigenvalue weighted by molar-refractivity contribution is 0.0916. The van der Waals surface area contributed by atoms with E-state index in [1.54, 1.807) is 7.05 Å². The number of aromatic nitrogens is 4. The highest BCUT2D eigenvalue weighted by Crippen LogP contribution is 2.23. The predicted molar refractivity (Wildman–Crippen MR) is 112 cm³/mol. The molecule has 0 spiro atoms. The molecule has 3 rings (SSSR count). The van der Waals surface area contributed by atoms with Crippen molar-refractivity contribution in [3.05, 3.63) is 52.5 Å². The van der Waals surface area contributed by atoms with Crippen LogP contribution in [-0.4, -0.2) is 73.4 Å². The van der Waals surface area contributed by atoms with Crippen LogP contribution in [0.3, 0.4) is 0 Å². The largest absolute Gasteiger partial charge is 0.396 e. The molecule has 1 amide bonds. The monoisotopic (exact) mass is 468 g/mol. The van der Waals surface area contributed by atoms with E-state index >= 15 is 0 Å². The summed E-state index contributed by atoms with van der Waals surface area (Å²) < 4.78 is 22.6. The Morgan fingerprint density at radius 3 is 2.72 bits per heavy atom. The zero-order valence-electron chi connectivity index (χ0n) is 17.1. The molecule has 0 radical (unpaired) electrons. The Balaban J connectivity index is 1.97. The van der Waals surface area contributed by atoms with Crippen molar-refractivity contribution < 1.29 is 23.9 Å². The molecule has 0 fully saturated rings.